The fourth-order valence-corrected chi connectivity index (χ4v) is 2.95. The number of hydrogen-bond donors (Lipinski definition) is 1. The first-order valence-corrected chi connectivity index (χ1v) is 10.2. The molecule has 3 aromatic rings. The van der Waals surface area contributed by atoms with E-state index in [0.717, 1.165) is 18.4 Å². The standard InChI is InChI=1S/C18H14F3N3O5S/c1-30(26,27)24-14-7-3-5-12(9-14)17(25)28-10-15-22-16(23-29-15)11-4-2-6-13(8-11)18(19,20)21/h2-9,24H,10H2,1H3. The zero-order valence-electron chi connectivity index (χ0n) is 15.3. The minimum absolute atomic E-state index is 0.0706. The largest absolute Gasteiger partial charge is 0.452 e. The molecule has 0 atom stereocenters. The van der Waals surface area contributed by atoms with Gasteiger partial charge in [0.15, 0.2) is 6.61 Å². The second-order valence-corrected chi connectivity index (χ2v) is 7.87. The van der Waals surface area contributed by atoms with Gasteiger partial charge in [-0.15, -0.1) is 0 Å². The summed E-state index contributed by atoms with van der Waals surface area (Å²) in [6, 6.07) is 10.0. The Kier molecular flexibility index (Phi) is 5.78. The summed E-state index contributed by atoms with van der Waals surface area (Å²) in [6.45, 7) is -0.422. The average molecular weight is 441 g/mol. The quantitative estimate of drug-likeness (QED) is 0.583. The van der Waals surface area contributed by atoms with Gasteiger partial charge in [-0.3, -0.25) is 4.72 Å². The Hall–Kier alpha value is -3.41. The normalized spacial score (nSPS) is 11.9. The van der Waals surface area contributed by atoms with Crippen LogP contribution < -0.4 is 4.72 Å². The number of rotatable bonds is 6. The van der Waals surface area contributed by atoms with E-state index >= 15 is 0 Å². The summed E-state index contributed by atoms with van der Waals surface area (Å²) in [6.07, 6.45) is -3.55. The molecule has 0 saturated carbocycles. The van der Waals surface area contributed by atoms with Crippen molar-refractivity contribution in [3.8, 4) is 11.4 Å². The minimum atomic E-state index is -4.52. The molecule has 0 unspecified atom stereocenters. The maximum absolute atomic E-state index is 12.8. The van der Waals surface area contributed by atoms with Gasteiger partial charge in [0.25, 0.3) is 5.89 Å². The smallest absolute Gasteiger partial charge is 0.416 e. The molecular formula is C18H14F3N3O5S. The van der Waals surface area contributed by atoms with Crippen LogP contribution in [-0.2, 0) is 27.5 Å². The Bertz CT molecular complexity index is 1180. The Morgan fingerprint density at radius 3 is 2.60 bits per heavy atom. The molecule has 0 fully saturated rings. The first-order chi connectivity index (χ1) is 14.0. The first kappa shape index (κ1) is 21.3. The number of esters is 1. The zero-order chi connectivity index (χ0) is 21.9. The topological polar surface area (TPSA) is 111 Å². The fourth-order valence-electron chi connectivity index (χ4n) is 2.40. The highest BCUT2D eigenvalue weighted by Crippen LogP contribution is 2.31. The van der Waals surface area contributed by atoms with Crippen molar-refractivity contribution in [1.82, 2.24) is 10.1 Å². The van der Waals surface area contributed by atoms with Crippen LogP contribution >= 0.6 is 0 Å². The number of aromatic nitrogens is 2. The third-order valence-corrected chi connectivity index (χ3v) is 4.25. The molecule has 1 N–H and O–H groups in total. The summed E-state index contributed by atoms with van der Waals surface area (Å²) in [4.78, 5) is 16.1. The van der Waals surface area contributed by atoms with Crippen molar-refractivity contribution in [1.29, 1.82) is 0 Å². The van der Waals surface area contributed by atoms with Gasteiger partial charge in [-0.2, -0.15) is 18.2 Å². The molecule has 0 aliphatic rings. The maximum Gasteiger partial charge on any atom is 0.416 e. The number of benzene rings is 2. The third-order valence-electron chi connectivity index (χ3n) is 3.64. The van der Waals surface area contributed by atoms with Crippen LogP contribution in [-0.4, -0.2) is 30.8 Å². The van der Waals surface area contributed by atoms with Gasteiger partial charge in [0.05, 0.1) is 17.4 Å². The van der Waals surface area contributed by atoms with Crippen LogP contribution in [0.3, 0.4) is 0 Å². The van der Waals surface area contributed by atoms with Crippen LogP contribution in [0.1, 0.15) is 21.8 Å². The highest BCUT2D eigenvalue weighted by Gasteiger charge is 2.30. The Morgan fingerprint density at radius 1 is 1.17 bits per heavy atom. The van der Waals surface area contributed by atoms with Crippen molar-refractivity contribution < 1.29 is 35.6 Å². The molecule has 0 saturated heterocycles. The van der Waals surface area contributed by atoms with Crippen LogP contribution in [0.4, 0.5) is 18.9 Å². The number of hydrogen-bond acceptors (Lipinski definition) is 7. The van der Waals surface area contributed by atoms with Crippen molar-refractivity contribution >= 4 is 21.7 Å². The van der Waals surface area contributed by atoms with E-state index in [4.69, 9.17) is 9.26 Å². The number of halogens is 3. The molecule has 158 valence electrons. The summed E-state index contributed by atoms with van der Waals surface area (Å²) in [7, 11) is -3.52. The predicted octanol–water partition coefficient (Wildman–Crippen LogP) is 3.48. The van der Waals surface area contributed by atoms with E-state index in [1.807, 2.05) is 0 Å². The van der Waals surface area contributed by atoms with E-state index in [1.165, 1.54) is 36.4 Å². The Balaban J connectivity index is 1.67. The van der Waals surface area contributed by atoms with Gasteiger partial charge in [-0.25, -0.2) is 13.2 Å². The van der Waals surface area contributed by atoms with Gasteiger partial charge in [0.1, 0.15) is 0 Å². The molecule has 0 aliphatic carbocycles. The van der Waals surface area contributed by atoms with Crippen LogP contribution in [0.15, 0.2) is 53.1 Å². The zero-order valence-corrected chi connectivity index (χ0v) is 16.1. The monoisotopic (exact) mass is 441 g/mol. The van der Waals surface area contributed by atoms with E-state index in [2.05, 4.69) is 14.9 Å². The molecule has 1 aromatic heterocycles. The number of carbonyl (C=O) groups excluding carboxylic acids is 1. The van der Waals surface area contributed by atoms with Crippen LogP contribution in [0, 0.1) is 0 Å². The van der Waals surface area contributed by atoms with E-state index in [1.54, 1.807) is 0 Å². The van der Waals surface area contributed by atoms with Crippen molar-refractivity contribution in [3.05, 3.63) is 65.5 Å². The number of alkyl halides is 3. The van der Waals surface area contributed by atoms with E-state index in [0.29, 0.717) is 0 Å². The lowest BCUT2D eigenvalue weighted by atomic mass is 10.1. The molecule has 0 aliphatic heterocycles. The molecule has 0 spiro atoms. The molecule has 0 bridgehead atoms. The summed E-state index contributed by atoms with van der Waals surface area (Å²) >= 11 is 0. The van der Waals surface area contributed by atoms with Gasteiger partial charge in [0, 0.05) is 11.3 Å². The van der Waals surface area contributed by atoms with Crippen molar-refractivity contribution in [2.45, 2.75) is 12.8 Å². The van der Waals surface area contributed by atoms with Crippen molar-refractivity contribution in [3.63, 3.8) is 0 Å². The number of carbonyl (C=O) groups is 1. The molecule has 2 aromatic carbocycles. The molecule has 0 amide bonds. The molecule has 8 nitrogen and oxygen atoms in total. The van der Waals surface area contributed by atoms with Gasteiger partial charge in [-0.1, -0.05) is 23.4 Å². The lowest BCUT2D eigenvalue weighted by Gasteiger charge is -2.06. The lowest BCUT2D eigenvalue weighted by molar-refractivity contribution is -0.137. The lowest BCUT2D eigenvalue weighted by Crippen LogP contribution is -2.11. The summed E-state index contributed by atoms with van der Waals surface area (Å²) in [5.41, 5.74) is -0.524. The molecule has 12 heteroatoms. The molecule has 1 heterocycles. The molecule has 0 radical (unpaired) electrons. The Morgan fingerprint density at radius 2 is 1.90 bits per heavy atom. The van der Waals surface area contributed by atoms with E-state index in [-0.39, 0.29) is 28.5 Å². The number of nitrogens with one attached hydrogen (secondary N) is 1. The average Bonchev–Trinajstić information content (AvgIpc) is 3.13. The van der Waals surface area contributed by atoms with E-state index in [9.17, 15) is 26.4 Å². The van der Waals surface area contributed by atoms with Crippen LogP contribution in [0.25, 0.3) is 11.4 Å². The number of sulfonamides is 1. The van der Waals surface area contributed by atoms with Gasteiger partial charge in [-0.05, 0) is 30.3 Å². The van der Waals surface area contributed by atoms with Gasteiger partial charge < -0.3 is 9.26 Å². The summed E-state index contributed by atoms with van der Waals surface area (Å²) < 4.78 is 73.2. The van der Waals surface area contributed by atoms with Gasteiger partial charge >= 0.3 is 12.1 Å². The van der Waals surface area contributed by atoms with Crippen molar-refractivity contribution in [2.75, 3.05) is 11.0 Å². The third kappa shape index (κ3) is 5.56. The maximum atomic E-state index is 12.8. The summed E-state index contributed by atoms with van der Waals surface area (Å²) in [5.74, 6) is -1.00. The Labute approximate surface area is 168 Å². The van der Waals surface area contributed by atoms with Crippen LogP contribution in [0.2, 0.25) is 0 Å². The van der Waals surface area contributed by atoms with Crippen molar-refractivity contribution in [2.24, 2.45) is 0 Å². The summed E-state index contributed by atoms with van der Waals surface area (Å²) in [5, 5.41) is 3.59. The van der Waals surface area contributed by atoms with Crippen LogP contribution in [0.5, 0.6) is 0 Å². The molecule has 30 heavy (non-hydrogen) atoms. The van der Waals surface area contributed by atoms with Gasteiger partial charge in [0.2, 0.25) is 15.8 Å². The predicted molar refractivity (Wildman–Crippen MR) is 98.8 cm³/mol. The number of nitrogens with zero attached hydrogens (tertiary/aromatic N) is 2. The molecular weight excluding hydrogens is 427 g/mol. The number of anilines is 1. The molecule has 3 rings (SSSR count). The minimum Gasteiger partial charge on any atom is -0.452 e. The SMILES string of the molecule is CS(=O)(=O)Nc1cccc(C(=O)OCc2nc(-c3cccc(C(F)(F)F)c3)no2)c1. The number of ether oxygens (including phenoxy) is 1. The first-order valence-electron chi connectivity index (χ1n) is 8.26. The second kappa shape index (κ2) is 8.14. The highest BCUT2D eigenvalue weighted by atomic mass is 32.2. The fraction of sp³-hybridized carbons (Fsp3) is 0.167. The second-order valence-electron chi connectivity index (χ2n) is 6.12. The highest BCUT2D eigenvalue weighted by molar-refractivity contribution is 7.92. The van der Waals surface area contributed by atoms with E-state index < -0.39 is 34.3 Å².